The Morgan fingerprint density at radius 3 is 2.95 bits per heavy atom. The minimum atomic E-state index is -0.995. The highest BCUT2D eigenvalue weighted by Crippen LogP contribution is 2.15. The van der Waals surface area contributed by atoms with Crippen LogP contribution in [-0.4, -0.2) is 52.7 Å². The third-order valence-corrected chi connectivity index (χ3v) is 2.87. The summed E-state index contributed by atoms with van der Waals surface area (Å²) in [5.74, 6) is -2.02. The molecule has 7 heteroatoms. The van der Waals surface area contributed by atoms with Gasteiger partial charge in [0.25, 0.3) is 5.91 Å². The fourth-order valence-electron chi connectivity index (χ4n) is 1.96. The van der Waals surface area contributed by atoms with Gasteiger partial charge in [-0.2, -0.15) is 4.39 Å². The van der Waals surface area contributed by atoms with Gasteiger partial charge in [-0.05, 0) is 12.1 Å². The predicted octanol–water partition coefficient (Wildman–Crippen LogP) is 0.536. The van der Waals surface area contributed by atoms with Gasteiger partial charge in [0.1, 0.15) is 0 Å². The third-order valence-electron chi connectivity index (χ3n) is 2.87. The number of pyridine rings is 1. The molecule has 1 aliphatic rings. The number of ether oxygens (including phenoxy) is 1. The van der Waals surface area contributed by atoms with Crippen LogP contribution in [0.25, 0.3) is 0 Å². The molecule has 1 atom stereocenters. The van der Waals surface area contributed by atoms with Crippen molar-refractivity contribution in [2.24, 2.45) is 0 Å². The first-order valence-corrected chi connectivity index (χ1v) is 5.80. The molecule has 1 aliphatic heterocycles. The number of morpholine rings is 1. The van der Waals surface area contributed by atoms with Crippen molar-refractivity contribution >= 4 is 11.9 Å². The lowest BCUT2D eigenvalue weighted by molar-refractivity contribution is -0.139. The van der Waals surface area contributed by atoms with Crippen molar-refractivity contribution in [1.29, 1.82) is 0 Å². The summed E-state index contributed by atoms with van der Waals surface area (Å²) >= 11 is 0. The first-order valence-electron chi connectivity index (χ1n) is 5.80. The van der Waals surface area contributed by atoms with Crippen LogP contribution >= 0.6 is 0 Å². The molecule has 1 saturated heterocycles. The van der Waals surface area contributed by atoms with Gasteiger partial charge in [-0.15, -0.1) is 0 Å². The number of rotatable bonds is 3. The van der Waals surface area contributed by atoms with Crippen molar-refractivity contribution in [3.63, 3.8) is 0 Å². The van der Waals surface area contributed by atoms with Crippen molar-refractivity contribution in [3.05, 3.63) is 29.8 Å². The van der Waals surface area contributed by atoms with Crippen LogP contribution in [0.1, 0.15) is 16.8 Å². The maximum atomic E-state index is 12.7. The van der Waals surface area contributed by atoms with Crippen molar-refractivity contribution in [2.45, 2.75) is 12.5 Å². The van der Waals surface area contributed by atoms with Gasteiger partial charge in [0.05, 0.1) is 31.2 Å². The number of aliphatic carboxylic acids is 1. The maximum absolute atomic E-state index is 12.7. The Kier molecular flexibility index (Phi) is 4.06. The molecule has 0 aromatic carbocycles. The highest BCUT2D eigenvalue weighted by atomic mass is 19.1. The summed E-state index contributed by atoms with van der Waals surface area (Å²) in [6.45, 7) is 0.858. The lowest BCUT2D eigenvalue weighted by Gasteiger charge is -2.34. The van der Waals surface area contributed by atoms with E-state index in [-0.39, 0.29) is 24.5 Å². The zero-order valence-electron chi connectivity index (χ0n) is 10.1. The summed E-state index contributed by atoms with van der Waals surface area (Å²) < 4.78 is 17.9. The van der Waals surface area contributed by atoms with E-state index in [1.54, 1.807) is 0 Å². The summed E-state index contributed by atoms with van der Waals surface area (Å²) in [5, 5.41) is 8.82. The Morgan fingerprint density at radius 2 is 2.32 bits per heavy atom. The number of carbonyl (C=O) groups excluding carboxylic acids is 1. The van der Waals surface area contributed by atoms with Crippen molar-refractivity contribution < 1.29 is 23.8 Å². The Morgan fingerprint density at radius 1 is 1.53 bits per heavy atom. The number of carboxylic acids is 1. The van der Waals surface area contributed by atoms with Crippen LogP contribution in [0.15, 0.2) is 18.3 Å². The van der Waals surface area contributed by atoms with E-state index in [1.807, 2.05) is 0 Å². The average Bonchev–Trinajstić information content (AvgIpc) is 2.39. The van der Waals surface area contributed by atoms with E-state index in [9.17, 15) is 14.0 Å². The number of hydrogen-bond donors (Lipinski definition) is 1. The zero-order valence-corrected chi connectivity index (χ0v) is 10.1. The second-order valence-corrected chi connectivity index (χ2v) is 4.19. The van der Waals surface area contributed by atoms with Crippen LogP contribution < -0.4 is 0 Å². The van der Waals surface area contributed by atoms with Gasteiger partial charge in [0, 0.05) is 12.7 Å². The Bertz CT molecular complexity index is 477. The number of carboxylic acid groups (broad SMARTS) is 1. The van der Waals surface area contributed by atoms with Crippen LogP contribution in [0.3, 0.4) is 0 Å². The number of halogens is 1. The Balaban J connectivity index is 2.15. The smallest absolute Gasteiger partial charge is 0.305 e. The molecule has 0 aliphatic carbocycles. The molecule has 19 heavy (non-hydrogen) atoms. The minimum absolute atomic E-state index is 0.180. The van der Waals surface area contributed by atoms with E-state index >= 15 is 0 Å². The van der Waals surface area contributed by atoms with Crippen molar-refractivity contribution in [1.82, 2.24) is 9.88 Å². The fraction of sp³-hybridized carbons (Fsp3) is 0.417. The van der Waals surface area contributed by atoms with E-state index in [0.29, 0.717) is 13.2 Å². The SMILES string of the molecule is O=C(O)CC1COCCN1C(=O)c1ccc(F)nc1. The van der Waals surface area contributed by atoms with Gasteiger partial charge in [0.2, 0.25) is 5.95 Å². The normalized spacial score (nSPS) is 19.2. The number of hydrogen-bond acceptors (Lipinski definition) is 4. The van der Waals surface area contributed by atoms with Gasteiger partial charge in [-0.1, -0.05) is 0 Å². The Labute approximate surface area is 108 Å². The molecule has 0 radical (unpaired) electrons. The number of amides is 1. The molecule has 1 amide bonds. The second-order valence-electron chi connectivity index (χ2n) is 4.19. The summed E-state index contributed by atoms with van der Waals surface area (Å²) in [7, 11) is 0. The minimum Gasteiger partial charge on any atom is -0.481 e. The standard InChI is InChI=1S/C12H13FN2O4/c13-10-2-1-8(6-14-10)12(18)15-3-4-19-7-9(15)5-11(16)17/h1-2,6,9H,3-5,7H2,(H,16,17). The van der Waals surface area contributed by atoms with Gasteiger partial charge in [-0.25, -0.2) is 4.98 Å². The van der Waals surface area contributed by atoms with Gasteiger partial charge >= 0.3 is 5.97 Å². The number of aromatic nitrogens is 1. The molecule has 1 unspecified atom stereocenters. The lowest BCUT2D eigenvalue weighted by Crippen LogP contribution is -2.49. The third kappa shape index (κ3) is 3.25. The van der Waals surface area contributed by atoms with Crippen LogP contribution in [0.2, 0.25) is 0 Å². The fourth-order valence-corrected chi connectivity index (χ4v) is 1.96. The van der Waals surface area contributed by atoms with E-state index in [4.69, 9.17) is 9.84 Å². The van der Waals surface area contributed by atoms with E-state index in [0.717, 1.165) is 12.3 Å². The summed E-state index contributed by atoms with van der Waals surface area (Å²) in [4.78, 5) is 27.8. The Hall–Kier alpha value is -2.02. The van der Waals surface area contributed by atoms with Crippen LogP contribution in [0.4, 0.5) is 4.39 Å². The molecule has 6 nitrogen and oxygen atoms in total. The summed E-state index contributed by atoms with van der Waals surface area (Å²) in [6, 6.07) is 1.92. The highest BCUT2D eigenvalue weighted by molar-refractivity contribution is 5.94. The van der Waals surface area contributed by atoms with E-state index < -0.39 is 18.0 Å². The van der Waals surface area contributed by atoms with Crippen molar-refractivity contribution in [2.75, 3.05) is 19.8 Å². The summed E-state index contributed by atoms with van der Waals surface area (Å²) in [6.07, 6.45) is 0.964. The quantitative estimate of drug-likeness (QED) is 0.809. The molecule has 102 valence electrons. The number of carbonyl (C=O) groups is 2. The van der Waals surface area contributed by atoms with Gasteiger partial charge < -0.3 is 14.7 Å². The largest absolute Gasteiger partial charge is 0.481 e. The topological polar surface area (TPSA) is 79.7 Å². The average molecular weight is 268 g/mol. The monoisotopic (exact) mass is 268 g/mol. The first-order chi connectivity index (χ1) is 9.08. The molecule has 2 rings (SSSR count). The molecule has 1 N–H and O–H groups in total. The van der Waals surface area contributed by atoms with Crippen LogP contribution in [-0.2, 0) is 9.53 Å². The first kappa shape index (κ1) is 13.4. The molecule has 0 saturated carbocycles. The van der Waals surface area contributed by atoms with Crippen LogP contribution in [0, 0.1) is 5.95 Å². The molecular weight excluding hydrogens is 255 g/mol. The molecule has 1 aromatic rings. The molecule has 1 aromatic heterocycles. The number of nitrogens with zero attached hydrogens (tertiary/aromatic N) is 2. The summed E-state index contributed by atoms with van der Waals surface area (Å²) in [5.41, 5.74) is 0.235. The van der Waals surface area contributed by atoms with Gasteiger partial charge in [0.15, 0.2) is 0 Å². The van der Waals surface area contributed by atoms with Crippen LogP contribution in [0.5, 0.6) is 0 Å². The zero-order chi connectivity index (χ0) is 13.8. The van der Waals surface area contributed by atoms with E-state index in [1.165, 1.54) is 11.0 Å². The molecule has 1 fully saturated rings. The lowest BCUT2D eigenvalue weighted by atomic mass is 10.1. The molecule has 0 spiro atoms. The van der Waals surface area contributed by atoms with E-state index in [2.05, 4.69) is 4.98 Å². The highest BCUT2D eigenvalue weighted by Gasteiger charge is 2.29. The van der Waals surface area contributed by atoms with Gasteiger partial charge in [-0.3, -0.25) is 9.59 Å². The second kappa shape index (κ2) is 5.75. The molecular formula is C12H13FN2O4. The predicted molar refractivity (Wildman–Crippen MR) is 62.1 cm³/mol. The molecule has 2 heterocycles. The maximum Gasteiger partial charge on any atom is 0.305 e. The van der Waals surface area contributed by atoms with Crippen molar-refractivity contribution in [3.8, 4) is 0 Å². The molecule has 0 bridgehead atoms.